The highest BCUT2D eigenvalue weighted by molar-refractivity contribution is 6.40. The highest BCUT2D eigenvalue weighted by atomic mass is 35.5. The second kappa shape index (κ2) is 8.15. The predicted octanol–water partition coefficient (Wildman–Crippen LogP) is 3.96. The van der Waals surface area contributed by atoms with Gasteiger partial charge in [0, 0.05) is 11.2 Å². The summed E-state index contributed by atoms with van der Waals surface area (Å²) in [4.78, 5) is 15.9. The summed E-state index contributed by atoms with van der Waals surface area (Å²) >= 11 is 17.7. The SMILES string of the molecule is CC(=NNC(=O)COc1c(Cl)cc(Cl)cc1Cl)c1ccccn1. The molecule has 1 aromatic heterocycles. The average Bonchev–Trinajstić information content (AvgIpc) is 2.52. The molecule has 0 atom stereocenters. The highest BCUT2D eigenvalue weighted by Crippen LogP contribution is 2.35. The van der Waals surface area contributed by atoms with Crippen LogP contribution in [0.25, 0.3) is 0 Å². The lowest BCUT2D eigenvalue weighted by atomic mass is 10.3. The Bertz CT molecular complexity index is 713. The number of pyridine rings is 1. The maximum absolute atomic E-state index is 11.8. The molecular formula is C15H12Cl3N3O2. The van der Waals surface area contributed by atoms with Crippen molar-refractivity contribution in [3.8, 4) is 5.75 Å². The van der Waals surface area contributed by atoms with Gasteiger partial charge in [-0.2, -0.15) is 5.10 Å². The van der Waals surface area contributed by atoms with Gasteiger partial charge in [0.1, 0.15) is 0 Å². The molecule has 23 heavy (non-hydrogen) atoms. The first-order chi connectivity index (χ1) is 11.0. The van der Waals surface area contributed by atoms with Crippen LogP contribution in [0.2, 0.25) is 15.1 Å². The van der Waals surface area contributed by atoms with Gasteiger partial charge >= 0.3 is 0 Å². The van der Waals surface area contributed by atoms with Gasteiger partial charge in [0.2, 0.25) is 0 Å². The molecule has 1 heterocycles. The Labute approximate surface area is 148 Å². The minimum atomic E-state index is -0.456. The van der Waals surface area contributed by atoms with E-state index in [0.29, 0.717) is 16.4 Å². The molecule has 0 unspecified atom stereocenters. The number of hydrogen-bond donors (Lipinski definition) is 1. The van der Waals surface area contributed by atoms with Crippen LogP contribution in [0.15, 0.2) is 41.6 Å². The topological polar surface area (TPSA) is 63.6 Å². The van der Waals surface area contributed by atoms with Crippen LogP contribution < -0.4 is 10.2 Å². The third-order valence-corrected chi connectivity index (χ3v) is 3.47. The number of benzene rings is 1. The van der Waals surface area contributed by atoms with Crippen LogP contribution in [0.5, 0.6) is 5.75 Å². The van der Waals surface area contributed by atoms with Gasteiger partial charge in [0.15, 0.2) is 12.4 Å². The number of rotatable bonds is 5. The summed E-state index contributed by atoms with van der Waals surface area (Å²) in [5, 5.41) is 4.79. The first kappa shape index (κ1) is 17.5. The monoisotopic (exact) mass is 371 g/mol. The zero-order valence-electron chi connectivity index (χ0n) is 12.0. The number of halogens is 3. The summed E-state index contributed by atoms with van der Waals surface area (Å²) in [6.07, 6.45) is 1.64. The predicted molar refractivity (Wildman–Crippen MR) is 91.6 cm³/mol. The molecule has 0 saturated heterocycles. The molecule has 1 aromatic carbocycles. The van der Waals surface area contributed by atoms with Crippen LogP contribution in [0.3, 0.4) is 0 Å². The molecule has 1 amide bonds. The van der Waals surface area contributed by atoms with E-state index >= 15 is 0 Å². The molecular weight excluding hydrogens is 361 g/mol. The summed E-state index contributed by atoms with van der Waals surface area (Å²) in [6, 6.07) is 8.37. The maximum Gasteiger partial charge on any atom is 0.277 e. The van der Waals surface area contributed by atoms with Crippen LogP contribution in [-0.2, 0) is 4.79 Å². The van der Waals surface area contributed by atoms with Crippen molar-refractivity contribution in [2.45, 2.75) is 6.92 Å². The smallest absolute Gasteiger partial charge is 0.277 e. The zero-order chi connectivity index (χ0) is 16.8. The lowest BCUT2D eigenvalue weighted by molar-refractivity contribution is -0.123. The molecule has 0 bridgehead atoms. The van der Waals surface area contributed by atoms with Gasteiger partial charge in [-0.3, -0.25) is 9.78 Å². The second-order valence-electron chi connectivity index (χ2n) is 4.43. The maximum atomic E-state index is 11.8. The Kier molecular flexibility index (Phi) is 6.21. The van der Waals surface area contributed by atoms with E-state index in [-0.39, 0.29) is 22.4 Å². The molecule has 0 aliphatic heterocycles. The van der Waals surface area contributed by atoms with Gasteiger partial charge < -0.3 is 4.74 Å². The molecule has 2 rings (SSSR count). The van der Waals surface area contributed by atoms with Crippen molar-refractivity contribution in [3.63, 3.8) is 0 Å². The number of nitrogens with one attached hydrogen (secondary N) is 1. The van der Waals surface area contributed by atoms with E-state index in [1.165, 1.54) is 12.1 Å². The fourth-order valence-electron chi connectivity index (χ4n) is 1.62. The fraction of sp³-hybridized carbons (Fsp3) is 0.133. The van der Waals surface area contributed by atoms with Gasteiger partial charge in [0.25, 0.3) is 5.91 Å². The standard InChI is InChI=1S/C15H12Cl3N3O2/c1-9(13-4-2-3-5-19-13)20-21-14(22)8-23-15-11(17)6-10(16)7-12(15)18/h2-7H,8H2,1H3,(H,21,22). The quantitative estimate of drug-likeness (QED) is 0.638. The summed E-state index contributed by atoms with van der Waals surface area (Å²) in [5.41, 5.74) is 3.61. The van der Waals surface area contributed by atoms with E-state index in [1.54, 1.807) is 25.3 Å². The number of aromatic nitrogens is 1. The minimum absolute atomic E-state index is 0.193. The Morgan fingerprint density at radius 3 is 2.57 bits per heavy atom. The molecule has 0 fully saturated rings. The van der Waals surface area contributed by atoms with Gasteiger partial charge in [0.05, 0.1) is 21.5 Å². The van der Waals surface area contributed by atoms with Crippen molar-refractivity contribution in [1.82, 2.24) is 10.4 Å². The Balaban J connectivity index is 1.94. The Morgan fingerprint density at radius 1 is 1.26 bits per heavy atom. The molecule has 0 aliphatic carbocycles. The van der Waals surface area contributed by atoms with Crippen molar-refractivity contribution >= 4 is 46.4 Å². The molecule has 0 aliphatic rings. The second-order valence-corrected chi connectivity index (χ2v) is 5.69. The Morgan fingerprint density at radius 2 is 1.96 bits per heavy atom. The van der Waals surface area contributed by atoms with E-state index in [4.69, 9.17) is 39.5 Å². The lowest BCUT2D eigenvalue weighted by Gasteiger charge is -2.09. The van der Waals surface area contributed by atoms with Gasteiger partial charge in [-0.15, -0.1) is 0 Å². The number of hydrazone groups is 1. The minimum Gasteiger partial charge on any atom is -0.481 e. The average molecular weight is 373 g/mol. The number of carbonyl (C=O) groups is 1. The van der Waals surface area contributed by atoms with Crippen molar-refractivity contribution in [3.05, 3.63) is 57.3 Å². The number of nitrogens with zero attached hydrogens (tertiary/aromatic N) is 2. The summed E-state index contributed by atoms with van der Waals surface area (Å²) < 4.78 is 5.30. The summed E-state index contributed by atoms with van der Waals surface area (Å²) in [7, 11) is 0. The van der Waals surface area contributed by atoms with Crippen LogP contribution >= 0.6 is 34.8 Å². The van der Waals surface area contributed by atoms with Crippen molar-refractivity contribution in [2.24, 2.45) is 5.10 Å². The van der Waals surface area contributed by atoms with Crippen molar-refractivity contribution in [2.75, 3.05) is 6.61 Å². The van der Waals surface area contributed by atoms with E-state index in [9.17, 15) is 4.79 Å². The molecule has 2 aromatic rings. The van der Waals surface area contributed by atoms with Crippen LogP contribution in [0.4, 0.5) is 0 Å². The van der Waals surface area contributed by atoms with Gasteiger partial charge in [-0.05, 0) is 31.2 Å². The number of ether oxygens (including phenoxy) is 1. The Hall–Kier alpha value is -1.82. The van der Waals surface area contributed by atoms with E-state index in [2.05, 4.69) is 15.5 Å². The third kappa shape index (κ3) is 5.10. The third-order valence-electron chi connectivity index (χ3n) is 2.69. The van der Waals surface area contributed by atoms with Gasteiger partial charge in [-0.1, -0.05) is 40.9 Å². The molecule has 0 spiro atoms. The van der Waals surface area contributed by atoms with Gasteiger partial charge in [-0.25, -0.2) is 5.43 Å². The number of hydrogen-bond acceptors (Lipinski definition) is 4. The molecule has 120 valence electrons. The zero-order valence-corrected chi connectivity index (χ0v) is 14.3. The molecule has 0 saturated carbocycles. The first-order valence-electron chi connectivity index (χ1n) is 6.49. The fourth-order valence-corrected chi connectivity index (χ4v) is 2.54. The van der Waals surface area contributed by atoms with Crippen LogP contribution in [0, 0.1) is 0 Å². The van der Waals surface area contributed by atoms with Crippen molar-refractivity contribution < 1.29 is 9.53 Å². The number of carbonyl (C=O) groups excluding carboxylic acids is 1. The lowest BCUT2D eigenvalue weighted by Crippen LogP contribution is -2.25. The summed E-state index contributed by atoms with van der Waals surface area (Å²) in [6.45, 7) is 1.44. The number of amides is 1. The van der Waals surface area contributed by atoms with E-state index in [1.807, 2.05) is 6.07 Å². The first-order valence-corrected chi connectivity index (χ1v) is 7.62. The van der Waals surface area contributed by atoms with Crippen LogP contribution in [-0.4, -0.2) is 23.2 Å². The molecule has 0 radical (unpaired) electrons. The molecule has 8 heteroatoms. The normalized spacial score (nSPS) is 11.2. The van der Waals surface area contributed by atoms with Crippen LogP contribution in [0.1, 0.15) is 12.6 Å². The molecule has 1 N–H and O–H groups in total. The highest BCUT2D eigenvalue weighted by Gasteiger charge is 2.11. The van der Waals surface area contributed by atoms with Crippen molar-refractivity contribution in [1.29, 1.82) is 0 Å². The summed E-state index contributed by atoms with van der Waals surface area (Å²) in [5.74, 6) is -0.263. The molecule has 5 nitrogen and oxygen atoms in total. The van der Waals surface area contributed by atoms with E-state index < -0.39 is 5.91 Å². The largest absolute Gasteiger partial charge is 0.481 e. The van der Waals surface area contributed by atoms with E-state index in [0.717, 1.165) is 0 Å².